The molecule has 0 aliphatic rings. The highest BCUT2D eigenvalue weighted by Crippen LogP contribution is 2.23. The molecular formula is C11H17NO4S2. The summed E-state index contributed by atoms with van der Waals surface area (Å²) in [5.41, 5.74) is 0. The van der Waals surface area contributed by atoms with Gasteiger partial charge in [-0.3, -0.25) is 4.79 Å². The fourth-order valence-corrected chi connectivity index (χ4v) is 4.17. The molecular weight excluding hydrogens is 274 g/mol. The Bertz CT molecular complexity index is 481. The average Bonchev–Trinajstić information content (AvgIpc) is 2.88. The molecule has 0 bridgehead atoms. The molecule has 0 spiro atoms. The van der Waals surface area contributed by atoms with E-state index in [4.69, 9.17) is 0 Å². The molecule has 0 N–H and O–H groups in total. The summed E-state index contributed by atoms with van der Waals surface area (Å²) in [6.45, 7) is 3.39. The molecule has 1 aromatic rings. The molecule has 0 aliphatic heterocycles. The molecule has 5 nitrogen and oxygen atoms in total. The third-order valence-corrected chi connectivity index (χ3v) is 5.99. The van der Waals surface area contributed by atoms with Gasteiger partial charge in [-0.15, -0.1) is 11.3 Å². The van der Waals surface area contributed by atoms with Crippen molar-refractivity contribution < 1.29 is 17.9 Å². The van der Waals surface area contributed by atoms with Crippen LogP contribution in [-0.2, 0) is 19.6 Å². The van der Waals surface area contributed by atoms with E-state index < -0.39 is 16.0 Å². The highest BCUT2D eigenvalue weighted by molar-refractivity contribution is 7.91. The molecule has 1 aromatic heterocycles. The van der Waals surface area contributed by atoms with Crippen LogP contribution in [0.25, 0.3) is 0 Å². The Morgan fingerprint density at radius 1 is 1.56 bits per heavy atom. The molecule has 0 saturated heterocycles. The Hall–Kier alpha value is -0.920. The van der Waals surface area contributed by atoms with Crippen LogP contribution in [-0.4, -0.2) is 38.4 Å². The normalized spacial score (nSPS) is 13.6. The van der Waals surface area contributed by atoms with E-state index in [1.807, 2.05) is 6.92 Å². The first-order chi connectivity index (χ1) is 8.43. The van der Waals surface area contributed by atoms with Crippen molar-refractivity contribution >= 4 is 27.3 Å². The SMILES string of the molecule is CCC(C)N(CC(=O)OC)S(=O)(=O)c1cccs1. The molecule has 0 amide bonds. The van der Waals surface area contributed by atoms with Crippen LogP contribution < -0.4 is 0 Å². The summed E-state index contributed by atoms with van der Waals surface area (Å²) < 4.78 is 30.7. The number of nitrogens with zero attached hydrogens (tertiary/aromatic N) is 1. The highest BCUT2D eigenvalue weighted by atomic mass is 32.2. The summed E-state index contributed by atoms with van der Waals surface area (Å²) in [4.78, 5) is 11.3. The summed E-state index contributed by atoms with van der Waals surface area (Å²) in [5.74, 6) is -0.560. The Kier molecular flexibility index (Phi) is 5.30. The standard InChI is InChI=1S/C11H17NO4S2/c1-4-9(2)12(8-10(13)16-3)18(14,15)11-6-5-7-17-11/h5-7,9H,4,8H2,1-3H3. The van der Waals surface area contributed by atoms with Crippen LogP contribution in [0.4, 0.5) is 0 Å². The van der Waals surface area contributed by atoms with Gasteiger partial charge in [0.2, 0.25) is 0 Å². The summed E-state index contributed by atoms with van der Waals surface area (Å²) in [5, 5.41) is 1.69. The lowest BCUT2D eigenvalue weighted by atomic mass is 10.2. The number of rotatable bonds is 6. The highest BCUT2D eigenvalue weighted by Gasteiger charge is 2.31. The van der Waals surface area contributed by atoms with Gasteiger partial charge in [-0.05, 0) is 24.8 Å². The molecule has 1 rings (SSSR count). The van der Waals surface area contributed by atoms with Gasteiger partial charge in [0.15, 0.2) is 0 Å². The van der Waals surface area contributed by atoms with E-state index in [2.05, 4.69) is 4.74 Å². The molecule has 0 aliphatic carbocycles. The topological polar surface area (TPSA) is 63.7 Å². The number of thiophene rings is 1. The minimum Gasteiger partial charge on any atom is -0.468 e. The van der Waals surface area contributed by atoms with Gasteiger partial charge in [-0.1, -0.05) is 13.0 Å². The Labute approximate surface area is 111 Å². The van der Waals surface area contributed by atoms with Crippen LogP contribution in [0.1, 0.15) is 20.3 Å². The minimum atomic E-state index is -3.62. The third-order valence-electron chi connectivity index (χ3n) is 2.65. The molecule has 0 fully saturated rings. The lowest BCUT2D eigenvalue weighted by molar-refractivity contribution is -0.141. The van der Waals surface area contributed by atoms with Crippen LogP contribution in [0.5, 0.6) is 0 Å². The fourth-order valence-electron chi connectivity index (χ4n) is 1.40. The van der Waals surface area contributed by atoms with Crippen LogP contribution >= 0.6 is 11.3 Å². The maximum atomic E-state index is 12.4. The number of sulfonamides is 1. The monoisotopic (exact) mass is 291 g/mol. The minimum absolute atomic E-state index is 0.242. The van der Waals surface area contributed by atoms with Gasteiger partial charge in [0, 0.05) is 6.04 Å². The lowest BCUT2D eigenvalue weighted by Gasteiger charge is -2.25. The van der Waals surface area contributed by atoms with Crippen LogP contribution in [0.2, 0.25) is 0 Å². The molecule has 7 heteroatoms. The number of methoxy groups -OCH3 is 1. The number of ether oxygens (including phenoxy) is 1. The van der Waals surface area contributed by atoms with E-state index in [0.717, 1.165) is 11.3 Å². The van der Waals surface area contributed by atoms with Crippen molar-refractivity contribution in [3.63, 3.8) is 0 Å². The van der Waals surface area contributed by atoms with Crippen LogP contribution in [0.3, 0.4) is 0 Å². The smallest absolute Gasteiger partial charge is 0.321 e. The van der Waals surface area contributed by atoms with Gasteiger partial charge < -0.3 is 4.74 Å². The molecule has 102 valence electrons. The first-order valence-electron chi connectivity index (χ1n) is 5.55. The van der Waals surface area contributed by atoms with Gasteiger partial charge in [-0.2, -0.15) is 4.31 Å². The van der Waals surface area contributed by atoms with Gasteiger partial charge in [-0.25, -0.2) is 8.42 Å². The summed E-state index contributed by atoms with van der Waals surface area (Å²) in [6, 6.07) is 2.95. The van der Waals surface area contributed by atoms with Crippen molar-refractivity contribution in [2.24, 2.45) is 0 Å². The third kappa shape index (κ3) is 3.30. The first-order valence-corrected chi connectivity index (χ1v) is 7.87. The molecule has 0 saturated carbocycles. The maximum Gasteiger partial charge on any atom is 0.321 e. The van der Waals surface area contributed by atoms with Gasteiger partial charge in [0.1, 0.15) is 10.8 Å². The van der Waals surface area contributed by atoms with E-state index in [1.54, 1.807) is 18.4 Å². The number of esters is 1. The zero-order chi connectivity index (χ0) is 13.8. The molecule has 18 heavy (non-hydrogen) atoms. The second kappa shape index (κ2) is 6.31. The number of carbonyl (C=O) groups excluding carboxylic acids is 1. The van der Waals surface area contributed by atoms with E-state index in [0.29, 0.717) is 6.42 Å². The van der Waals surface area contributed by atoms with E-state index in [9.17, 15) is 13.2 Å². The van der Waals surface area contributed by atoms with Gasteiger partial charge in [0.05, 0.1) is 7.11 Å². The van der Waals surface area contributed by atoms with Crippen molar-refractivity contribution in [2.75, 3.05) is 13.7 Å². The summed E-state index contributed by atoms with van der Waals surface area (Å²) in [6.07, 6.45) is 0.627. The molecule has 1 unspecified atom stereocenters. The average molecular weight is 291 g/mol. The zero-order valence-corrected chi connectivity index (χ0v) is 12.3. The number of hydrogen-bond acceptors (Lipinski definition) is 5. The van der Waals surface area contributed by atoms with Crippen LogP contribution in [0, 0.1) is 0 Å². The molecule has 1 heterocycles. The Balaban J connectivity index is 3.07. The molecule has 0 radical (unpaired) electrons. The van der Waals surface area contributed by atoms with Crippen LogP contribution in [0.15, 0.2) is 21.7 Å². The van der Waals surface area contributed by atoms with Crippen molar-refractivity contribution in [3.05, 3.63) is 17.5 Å². The predicted molar refractivity (Wildman–Crippen MR) is 70.0 cm³/mol. The summed E-state index contributed by atoms with van der Waals surface area (Å²) in [7, 11) is -2.38. The quantitative estimate of drug-likeness (QED) is 0.749. The van der Waals surface area contributed by atoms with Crippen molar-refractivity contribution in [2.45, 2.75) is 30.5 Å². The second-order valence-electron chi connectivity index (χ2n) is 3.82. The lowest BCUT2D eigenvalue weighted by Crippen LogP contribution is -2.41. The van der Waals surface area contributed by atoms with Gasteiger partial charge in [0.25, 0.3) is 10.0 Å². The predicted octanol–water partition coefficient (Wildman–Crippen LogP) is 1.71. The maximum absolute atomic E-state index is 12.4. The molecule has 0 aromatic carbocycles. The van der Waals surface area contributed by atoms with E-state index in [1.165, 1.54) is 17.5 Å². The second-order valence-corrected chi connectivity index (χ2v) is 6.88. The van der Waals surface area contributed by atoms with Crippen molar-refractivity contribution in [1.82, 2.24) is 4.31 Å². The number of carbonyl (C=O) groups is 1. The van der Waals surface area contributed by atoms with Crippen molar-refractivity contribution in [1.29, 1.82) is 0 Å². The zero-order valence-electron chi connectivity index (χ0n) is 10.6. The van der Waals surface area contributed by atoms with E-state index >= 15 is 0 Å². The number of hydrogen-bond donors (Lipinski definition) is 0. The fraction of sp³-hybridized carbons (Fsp3) is 0.545. The van der Waals surface area contributed by atoms with Gasteiger partial charge >= 0.3 is 5.97 Å². The van der Waals surface area contributed by atoms with Crippen molar-refractivity contribution in [3.8, 4) is 0 Å². The van der Waals surface area contributed by atoms with E-state index in [-0.39, 0.29) is 16.8 Å². The Morgan fingerprint density at radius 3 is 2.67 bits per heavy atom. The Morgan fingerprint density at radius 2 is 2.22 bits per heavy atom. The largest absolute Gasteiger partial charge is 0.468 e. The molecule has 1 atom stereocenters. The summed E-state index contributed by atoms with van der Waals surface area (Å²) >= 11 is 1.14. The first kappa shape index (κ1) is 15.1.